The van der Waals surface area contributed by atoms with Crippen molar-refractivity contribution in [3.63, 3.8) is 0 Å². The molecule has 0 aliphatic heterocycles. The first-order valence-electron chi connectivity index (χ1n) is 5.48. The quantitative estimate of drug-likeness (QED) is 0.846. The van der Waals surface area contributed by atoms with Crippen molar-refractivity contribution >= 4 is 0 Å². The topological polar surface area (TPSA) is 34.8 Å². The fourth-order valence-corrected chi connectivity index (χ4v) is 1.82. The molecule has 86 valence electrons. The molecule has 1 atom stereocenters. The zero-order valence-electron chi connectivity index (χ0n) is 10.0. The number of rotatable bonds is 4. The molecule has 0 aliphatic rings. The van der Waals surface area contributed by atoms with Gasteiger partial charge < -0.3 is 14.5 Å². The van der Waals surface area contributed by atoms with Crippen LogP contribution in [0.1, 0.15) is 24.4 Å². The molecule has 4 nitrogen and oxygen atoms in total. The molecule has 2 heterocycles. The van der Waals surface area contributed by atoms with Crippen LogP contribution in [-0.2, 0) is 20.6 Å². The van der Waals surface area contributed by atoms with Gasteiger partial charge in [-0.15, -0.1) is 0 Å². The van der Waals surface area contributed by atoms with E-state index in [0.717, 1.165) is 12.4 Å². The molecule has 0 amide bonds. The zero-order chi connectivity index (χ0) is 11.5. The lowest BCUT2D eigenvalue weighted by Crippen LogP contribution is -2.20. The minimum atomic E-state index is 0.264. The van der Waals surface area contributed by atoms with E-state index >= 15 is 0 Å². The Bertz CT molecular complexity index is 455. The smallest absolute Gasteiger partial charge is 0.125 e. The summed E-state index contributed by atoms with van der Waals surface area (Å²) in [7, 11) is 4.05. The Hall–Kier alpha value is -1.55. The van der Waals surface area contributed by atoms with Crippen LogP contribution >= 0.6 is 0 Å². The summed E-state index contributed by atoms with van der Waals surface area (Å²) in [5.41, 5.74) is 1.29. The molecule has 0 radical (unpaired) electrons. The first-order chi connectivity index (χ1) is 7.66. The maximum absolute atomic E-state index is 4.33. The van der Waals surface area contributed by atoms with Gasteiger partial charge >= 0.3 is 0 Å². The van der Waals surface area contributed by atoms with Crippen LogP contribution in [0.3, 0.4) is 0 Å². The molecule has 1 unspecified atom stereocenters. The maximum atomic E-state index is 4.33. The van der Waals surface area contributed by atoms with Crippen LogP contribution < -0.4 is 5.32 Å². The SMILES string of the molecule is CC(NCc1ccn(C)c1)c1nccn1C. The highest BCUT2D eigenvalue weighted by molar-refractivity contribution is 5.10. The number of nitrogens with zero attached hydrogens (tertiary/aromatic N) is 3. The molecule has 1 N–H and O–H groups in total. The lowest BCUT2D eigenvalue weighted by molar-refractivity contribution is 0.530. The number of aryl methyl sites for hydroxylation is 2. The largest absolute Gasteiger partial charge is 0.357 e. The van der Waals surface area contributed by atoms with Gasteiger partial charge in [0, 0.05) is 45.4 Å². The van der Waals surface area contributed by atoms with E-state index in [4.69, 9.17) is 0 Å². The molecule has 0 saturated heterocycles. The van der Waals surface area contributed by atoms with Gasteiger partial charge in [-0.05, 0) is 18.6 Å². The standard InChI is InChI=1S/C12H18N4/c1-10(12-13-5-7-16(12)3)14-8-11-4-6-15(2)9-11/h4-7,9-10,14H,8H2,1-3H3. The summed E-state index contributed by atoms with van der Waals surface area (Å²) >= 11 is 0. The van der Waals surface area contributed by atoms with Crippen LogP contribution in [0.4, 0.5) is 0 Å². The van der Waals surface area contributed by atoms with Crippen LogP contribution in [0.15, 0.2) is 30.9 Å². The Morgan fingerprint density at radius 3 is 2.75 bits per heavy atom. The Balaban J connectivity index is 1.93. The van der Waals surface area contributed by atoms with Gasteiger partial charge in [0.2, 0.25) is 0 Å². The number of aromatic nitrogens is 3. The number of hydrogen-bond acceptors (Lipinski definition) is 2. The van der Waals surface area contributed by atoms with Crippen LogP contribution in [0.5, 0.6) is 0 Å². The van der Waals surface area contributed by atoms with Gasteiger partial charge in [-0.1, -0.05) is 0 Å². The van der Waals surface area contributed by atoms with Crippen molar-refractivity contribution in [3.05, 3.63) is 42.2 Å². The van der Waals surface area contributed by atoms with E-state index in [-0.39, 0.29) is 6.04 Å². The lowest BCUT2D eigenvalue weighted by Gasteiger charge is -2.12. The molecule has 2 aromatic heterocycles. The summed E-state index contributed by atoms with van der Waals surface area (Å²) in [6.45, 7) is 3.00. The monoisotopic (exact) mass is 218 g/mol. The molecule has 0 aliphatic carbocycles. The van der Waals surface area contributed by atoms with Gasteiger partial charge in [-0.25, -0.2) is 4.98 Å². The van der Waals surface area contributed by atoms with Gasteiger partial charge in [0.1, 0.15) is 5.82 Å². The van der Waals surface area contributed by atoms with Crippen LogP contribution in [0.25, 0.3) is 0 Å². The highest BCUT2D eigenvalue weighted by Crippen LogP contribution is 2.09. The highest BCUT2D eigenvalue weighted by atomic mass is 15.1. The van der Waals surface area contributed by atoms with Crippen LogP contribution in [-0.4, -0.2) is 14.1 Å². The third-order valence-electron chi connectivity index (χ3n) is 2.75. The van der Waals surface area contributed by atoms with Gasteiger partial charge in [0.25, 0.3) is 0 Å². The van der Waals surface area contributed by atoms with Gasteiger partial charge in [-0.3, -0.25) is 0 Å². The predicted octanol–water partition coefficient (Wildman–Crippen LogP) is 1.61. The molecular weight excluding hydrogens is 200 g/mol. The fraction of sp³-hybridized carbons (Fsp3) is 0.417. The molecule has 0 saturated carbocycles. The minimum Gasteiger partial charge on any atom is -0.357 e. The minimum absolute atomic E-state index is 0.264. The maximum Gasteiger partial charge on any atom is 0.125 e. The summed E-state index contributed by atoms with van der Waals surface area (Å²) in [6, 6.07) is 2.39. The molecule has 4 heteroatoms. The van der Waals surface area contributed by atoms with Crippen LogP contribution in [0.2, 0.25) is 0 Å². The predicted molar refractivity (Wildman–Crippen MR) is 63.9 cm³/mol. The normalized spacial score (nSPS) is 12.9. The second-order valence-corrected chi connectivity index (χ2v) is 4.18. The van der Waals surface area contributed by atoms with Crippen molar-refractivity contribution in [2.24, 2.45) is 14.1 Å². The van der Waals surface area contributed by atoms with Crippen LogP contribution in [0, 0.1) is 0 Å². The molecular formula is C12H18N4. The van der Waals surface area contributed by atoms with E-state index in [1.54, 1.807) is 0 Å². The van der Waals surface area contributed by atoms with E-state index in [1.165, 1.54) is 5.56 Å². The Labute approximate surface area is 95.9 Å². The first kappa shape index (κ1) is 11.0. The number of hydrogen-bond donors (Lipinski definition) is 1. The molecule has 0 bridgehead atoms. The summed E-state index contributed by atoms with van der Waals surface area (Å²) < 4.78 is 4.10. The average molecular weight is 218 g/mol. The summed E-state index contributed by atoms with van der Waals surface area (Å²) in [4.78, 5) is 4.33. The molecule has 2 rings (SSSR count). The Kier molecular flexibility index (Phi) is 3.10. The fourth-order valence-electron chi connectivity index (χ4n) is 1.82. The Morgan fingerprint density at radius 2 is 2.19 bits per heavy atom. The van der Waals surface area contributed by atoms with Crippen molar-refractivity contribution in [2.75, 3.05) is 0 Å². The summed E-state index contributed by atoms with van der Waals surface area (Å²) in [6.07, 6.45) is 7.98. The van der Waals surface area contributed by atoms with E-state index in [0.29, 0.717) is 0 Å². The van der Waals surface area contributed by atoms with E-state index < -0.39 is 0 Å². The summed E-state index contributed by atoms with van der Waals surface area (Å²) in [5, 5.41) is 3.46. The molecule has 0 aromatic carbocycles. The van der Waals surface area contributed by atoms with Crippen molar-refractivity contribution in [3.8, 4) is 0 Å². The first-order valence-corrected chi connectivity index (χ1v) is 5.48. The van der Waals surface area contributed by atoms with E-state index in [2.05, 4.69) is 40.3 Å². The van der Waals surface area contributed by atoms with Crippen molar-refractivity contribution < 1.29 is 0 Å². The van der Waals surface area contributed by atoms with Crippen molar-refractivity contribution in [2.45, 2.75) is 19.5 Å². The highest BCUT2D eigenvalue weighted by Gasteiger charge is 2.09. The van der Waals surface area contributed by atoms with Crippen molar-refractivity contribution in [1.29, 1.82) is 0 Å². The molecule has 16 heavy (non-hydrogen) atoms. The van der Waals surface area contributed by atoms with E-state index in [1.807, 2.05) is 31.1 Å². The Morgan fingerprint density at radius 1 is 1.38 bits per heavy atom. The van der Waals surface area contributed by atoms with Gasteiger partial charge in [0.05, 0.1) is 6.04 Å². The third-order valence-corrected chi connectivity index (χ3v) is 2.75. The molecule has 2 aromatic rings. The van der Waals surface area contributed by atoms with Crippen molar-refractivity contribution in [1.82, 2.24) is 19.4 Å². The second kappa shape index (κ2) is 4.53. The third kappa shape index (κ3) is 2.33. The average Bonchev–Trinajstić information content (AvgIpc) is 2.84. The van der Waals surface area contributed by atoms with E-state index in [9.17, 15) is 0 Å². The molecule has 0 spiro atoms. The van der Waals surface area contributed by atoms with Gasteiger partial charge in [0.15, 0.2) is 0 Å². The van der Waals surface area contributed by atoms with Gasteiger partial charge in [-0.2, -0.15) is 0 Å². The lowest BCUT2D eigenvalue weighted by atomic mass is 10.2. The zero-order valence-corrected chi connectivity index (χ0v) is 10.0. The summed E-state index contributed by atoms with van der Waals surface area (Å²) in [5.74, 6) is 1.07. The molecule has 0 fully saturated rings. The number of nitrogens with one attached hydrogen (secondary N) is 1. The number of imidazole rings is 1. The second-order valence-electron chi connectivity index (χ2n) is 4.18.